The van der Waals surface area contributed by atoms with Crippen molar-refractivity contribution < 1.29 is 4.74 Å². The highest BCUT2D eigenvalue weighted by molar-refractivity contribution is 5.40. The number of benzene rings is 1. The summed E-state index contributed by atoms with van der Waals surface area (Å²) in [4.78, 5) is 0. The highest BCUT2D eigenvalue weighted by Crippen LogP contribution is 2.23. The van der Waals surface area contributed by atoms with E-state index < -0.39 is 0 Å². The molecule has 0 aliphatic rings. The van der Waals surface area contributed by atoms with E-state index >= 15 is 0 Å². The van der Waals surface area contributed by atoms with Crippen molar-refractivity contribution in [2.75, 3.05) is 14.2 Å². The summed E-state index contributed by atoms with van der Waals surface area (Å²) in [5, 5.41) is 12.0. The predicted octanol–water partition coefficient (Wildman–Crippen LogP) is 2.51. The summed E-state index contributed by atoms with van der Waals surface area (Å²) >= 11 is 0. The molecule has 0 saturated heterocycles. The Hall–Kier alpha value is -1.88. The van der Waals surface area contributed by atoms with Gasteiger partial charge in [-0.25, -0.2) is 4.68 Å². The van der Waals surface area contributed by atoms with Crippen molar-refractivity contribution in [2.24, 2.45) is 0 Å². The molecular weight excluding hydrogens is 252 g/mol. The van der Waals surface area contributed by atoms with Crippen LogP contribution in [0, 0.1) is 0 Å². The minimum absolute atomic E-state index is 0.240. The largest absolute Gasteiger partial charge is 0.497 e. The van der Waals surface area contributed by atoms with Gasteiger partial charge in [0.1, 0.15) is 11.4 Å². The second-order valence-electron chi connectivity index (χ2n) is 4.64. The molecule has 0 bridgehead atoms. The van der Waals surface area contributed by atoms with Crippen molar-refractivity contribution in [3.05, 3.63) is 35.7 Å². The zero-order chi connectivity index (χ0) is 14.5. The molecule has 20 heavy (non-hydrogen) atoms. The molecule has 1 unspecified atom stereocenters. The lowest BCUT2D eigenvalue weighted by atomic mass is 10.1. The van der Waals surface area contributed by atoms with Gasteiger partial charge in [0, 0.05) is 6.07 Å². The lowest BCUT2D eigenvalue weighted by Gasteiger charge is -2.13. The minimum atomic E-state index is 0.240. The second kappa shape index (κ2) is 6.52. The number of rotatable bonds is 6. The number of methoxy groups -OCH3 is 1. The van der Waals surface area contributed by atoms with E-state index in [1.807, 2.05) is 36.0 Å². The van der Waals surface area contributed by atoms with Gasteiger partial charge in [-0.2, -0.15) is 0 Å². The SMILES string of the molecule is CCc1c(C(CC)NC)nnn1-c1cccc(OC)c1. The van der Waals surface area contributed by atoms with Crippen molar-refractivity contribution in [2.45, 2.75) is 32.7 Å². The molecule has 0 spiro atoms. The second-order valence-corrected chi connectivity index (χ2v) is 4.64. The van der Waals surface area contributed by atoms with Gasteiger partial charge in [0.25, 0.3) is 0 Å². The molecule has 0 aliphatic heterocycles. The van der Waals surface area contributed by atoms with Gasteiger partial charge in [0.2, 0.25) is 0 Å². The van der Waals surface area contributed by atoms with E-state index in [2.05, 4.69) is 29.5 Å². The smallest absolute Gasteiger partial charge is 0.121 e. The van der Waals surface area contributed by atoms with Crippen LogP contribution < -0.4 is 10.1 Å². The summed E-state index contributed by atoms with van der Waals surface area (Å²) in [7, 11) is 3.62. The molecule has 0 fully saturated rings. The van der Waals surface area contributed by atoms with E-state index in [0.717, 1.165) is 35.7 Å². The van der Waals surface area contributed by atoms with Crippen LogP contribution in [0.5, 0.6) is 5.75 Å². The average molecular weight is 274 g/mol. The third kappa shape index (κ3) is 2.67. The molecule has 0 radical (unpaired) electrons. The number of aromatic nitrogens is 3. The van der Waals surface area contributed by atoms with Crippen LogP contribution in [0.1, 0.15) is 37.7 Å². The Bertz CT molecular complexity index is 561. The van der Waals surface area contributed by atoms with Gasteiger partial charge in [-0.1, -0.05) is 25.1 Å². The van der Waals surface area contributed by atoms with Gasteiger partial charge < -0.3 is 10.1 Å². The Morgan fingerprint density at radius 1 is 1.35 bits per heavy atom. The van der Waals surface area contributed by atoms with Crippen LogP contribution in [0.4, 0.5) is 0 Å². The van der Waals surface area contributed by atoms with Crippen molar-refractivity contribution in [3.8, 4) is 11.4 Å². The van der Waals surface area contributed by atoms with Crippen LogP contribution in [0.2, 0.25) is 0 Å². The van der Waals surface area contributed by atoms with Crippen LogP contribution in [0.3, 0.4) is 0 Å². The van der Waals surface area contributed by atoms with E-state index in [-0.39, 0.29) is 6.04 Å². The van der Waals surface area contributed by atoms with E-state index in [4.69, 9.17) is 4.74 Å². The first kappa shape index (κ1) is 14.5. The molecule has 1 N–H and O–H groups in total. The van der Waals surface area contributed by atoms with Crippen LogP contribution in [0.15, 0.2) is 24.3 Å². The quantitative estimate of drug-likeness (QED) is 0.879. The Morgan fingerprint density at radius 2 is 2.15 bits per heavy atom. The van der Waals surface area contributed by atoms with E-state index in [9.17, 15) is 0 Å². The number of nitrogens with one attached hydrogen (secondary N) is 1. The van der Waals surface area contributed by atoms with Crippen molar-refractivity contribution in [1.29, 1.82) is 0 Å². The molecule has 0 amide bonds. The summed E-state index contributed by atoms with van der Waals surface area (Å²) in [5.74, 6) is 0.822. The molecule has 108 valence electrons. The van der Waals surface area contributed by atoms with Gasteiger partial charge in [-0.3, -0.25) is 0 Å². The standard InChI is InChI=1S/C15H22N4O/c1-5-13(16-3)15-14(6-2)19(18-17-15)11-8-7-9-12(10-11)20-4/h7-10,13,16H,5-6H2,1-4H3. The first-order chi connectivity index (χ1) is 9.74. The van der Waals surface area contributed by atoms with Gasteiger partial charge in [0.15, 0.2) is 0 Å². The lowest BCUT2D eigenvalue weighted by Crippen LogP contribution is -2.17. The highest BCUT2D eigenvalue weighted by atomic mass is 16.5. The zero-order valence-corrected chi connectivity index (χ0v) is 12.6. The summed E-state index contributed by atoms with van der Waals surface area (Å²) in [6.45, 7) is 4.27. The molecule has 1 aromatic carbocycles. The molecular formula is C15H22N4O. The first-order valence-electron chi connectivity index (χ1n) is 7.01. The first-order valence-corrected chi connectivity index (χ1v) is 7.01. The van der Waals surface area contributed by atoms with Gasteiger partial charge >= 0.3 is 0 Å². The lowest BCUT2D eigenvalue weighted by molar-refractivity contribution is 0.414. The van der Waals surface area contributed by atoms with E-state index in [0.29, 0.717) is 0 Å². The van der Waals surface area contributed by atoms with E-state index in [1.165, 1.54) is 0 Å². The van der Waals surface area contributed by atoms with Crippen molar-refractivity contribution in [1.82, 2.24) is 20.3 Å². The summed E-state index contributed by atoms with van der Waals surface area (Å²) in [6.07, 6.45) is 1.87. The summed E-state index contributed by atoms with van der Waals surface area (Å²) in [6, 6.07) is 8.11. The molecule has 1 heterocycles. The maximum atomic E-state index is 5.27. The monoisotopic (exact) mass is 274 g/mol. The van der Waals surface area contributed by atoms with Gasteiger partial charge in [0.05, 0.1) is 24.5 Å². The molecule has 0 saturated carbocycles. The molecule has 5 heteroatoms. The Morgan fingerprint density at radius 3 is 2.75 bits per heavy atom. The van der Waals surface area contributed by atoms with Crippen LogP contribution in [-0.4, -0.2) is 29.2 Å². The molecule has 0 aliphatic carbocycles. The normalized spacial score (nSPS) is 12.4. The molecule has 5 nitrogen and oxygen atoms in total. The molecule has 1 aromatic heterocycles. The van der Waals surface area contributed by atoms with Gasteiger partial charge in [-0.05, 0) is 32.0 Å². The van der Waals surface area contributed by atoms with Crippen LogP contribution >= 0.6 is 0 Å². The number of ether oxygens (including phenoxy) is 1. The fourth-order valence-corrected chi connectivity index (χ4v) is 2.40. The molecule has 2 rings (SSSR count). The van der Waals surface area contributed by atoms with E-state index in [1.54, 1.807) is 7.11 Å². The van der Waals surface area contributed by atoms with Crippen molar-refractivity contribution >= 4 is 0 Å². The molecule has 1 atom stereocenters. The Labute approximate surface area is 120 Å². The number of hydrogen-bond acceptors (Lipinski definition) is 4. The third-order valence-corrected chi connectivity index (χ3v) is 3.51. The zero-order valence-electron chi connectivity index (χ0n) is 12.6. The average Bonchev–Trinajstić information content (AvgIpc) is 2.92. The fourth-order valence-electron chi connectivity index (χ4n) is 2.40. The summed E-state index contributed by atoms with van der Waals surface area (Å²) < 4.78 is 7.17. The maximum absolute atomic E-state index is 5.27. The number of hydrogen-bond donors (Lipinski definition) is 1. The maximum Gasteiger partial charge on any atom is 0.121 e. The highest BCUT2D eigenvalue weighted by Gasteiger charge is 2.19. The topological polar surface area (TPSA) is 52.0 Å². The van der Waals surface area contributed by atoms with Gasteiger partial charge in [-0.15, -0.1) is 5.10 Å². The Balaban J connectivity index is 2.46. The van der Waals surface area contributed by atoms with Crippen LogP contribution in [-0.2, 0) is 6.42 Å². The summed E-state index contributed by atoms with van der Waals surface area (Å²) in [5.41, 5.74) is 3.14. The third-order valence-electron chi connectivity index (χ3n) is 3.51. The van der Waals surface area contributed by atoms with Crippen LogP contribution in [0.25, 0.3) is 5.69 Å². The predicted molar refractivity (Wildman–Crippen MR) is 79.4 cm³/mol. The Kier molecular flexibility index (Phi) is 4.74. The number of nitrogens with zero attached hydrogens (tertiary/aromatic N) is 3. The minimum Gasteiger partial charge on any atom is -0.497 e. The molecule has 2 aromatic rings. The fraction of sp³-hybridized carbons (Fsp3) is 0.467. The van der Waals surface area contributed by atoms with Crippen molar-refractivity contribution in [3.63, 3.8) is 0 Å².